The molecular formula is C15H21ClN2O. The number of benzene rings is 1. The summed E-state index contributed by atoms with van der Waals surface area (Å²) in [5, 5.41) is 7.15. The van der Waals surface area contributed by atoms with Gasteiger partial charge in [-0.2, -0.15) is 0 Å². The summed E-state index contributed by atoms with van der Waals surface area (Å²) in [7, 11) is 0. The first kappa shape index (κ1) is 14.4. The van der Waals surface area contributed by atoms with Gasteiger partial charge in [0, 0.05) is 23.5 Å². The maximum Gasteiger partial charge on any atom is 0.221 e. The van der Waals surface area contributed by atoms with Gasteiger partial charge in [-0.05, 0) is 44.4 Å². The van der Waals surface area contributed by atoms with Crippen LogP contribution in [0.1, 0.15) is 31.7 Å². The molecule has 1 saturated heterocycles. The number of rotatable bonds is 5. The molecule has 0 bridgehead atoms. The average Bonchev–Trinajstić information content (AvgIpc) is 2.84. The largest absolute Gasteiger partial charge is 0.353 e. The highest BCUT2D eigenvalue weighted by atomic mass is 35.5. The lowest BCUT2D eigenvalue weighted by Gasteiger charge is -2.16. The molecule has 0 spiro atoms. The van der Waals surface area contributed by atoms with Crippen molar-refractivity contribution in [2.75, 3.05) is 6.54 Å². The Kier molecular flexibility index (Phi) is 5.23. The van der Waals surface area contributed by atoms with Gasteiger partial charge in [-0.15, -0.1) is 0 Å². The zero-order valence-corrected chi connectivity index (χ0v) is 12.0. The van der Waals surface area contributed by atoms with Crippen LogP contribution in [0.15, 0.2) is 24.3 Å². The zero-order chi connectivity index (χ0) is 13.7. The number of amides is 1. The van der Waals surface area contributed by atoms with Gasteiger partial charge < -0.3 is 10.6 Å². The van der Waals surface area contributed by atoms with E-state index in [2.05, 4.69) is 10.6 Å². The minimum absolute atomic E-state index is 0.105. The van der Waals surface area contributed by atoms with E-state index < -0.39 is 0 Å². The highest BCUT2D eigenvalue weighted by Gasteiger charge is 2.18. The SMILES string of the molecule is CC(Cc1ccccc1Cl)NC(=O)CC1CCCN1. The van der Waals surface area contributed by atoms with Crippen molar-refractivity contribution in [3.8, 4) is 0 Å². The van der Waals surface area contributed by atoms with Gasteiger partial charge >= 0.3 is 0 Å². The van der Waals surface area contributed by atoms with Crippen LogP contribution in [-0.4, -0.2) is 24.5 Å². The molecule has 2 N–H and O–H groups in total. The van der Waals surface area contributed by atoms with E-state index in [-0.39, 0.29) is 11.9 Å². The fraction of sp³-hybridized carbons (Fsp3) is 0.533. The Morgan fingerprint density at radius 3 is 3.00 bits per heavy atom. The van der Waals surface area contributed by atoms with Crippen molar-refractivity contribution in [2.24, 2.45) is 0 Å². The van der Waals surface area contributed by atoms with Crippen molar-refractivity contribution in [3.05, 3.63) is 34.9 Å². The Morgan fingerprint density at radius 1 is 1.53 bits per heavy atom. The predicted molar refractivity (Wildman–Crippen MR) is 78.4 cm³/mol. The highest BCUT2D eigenvalue weighted by Crippen LogP contribution is 2.16. The molecular weight excluding hydrogens is 260 g/mol. The summed E-state index contributed by atoms with van der Waals surface area (Å²) >= 11 is 6.12. The quantitative estimate of drug-likeness (QED) is 0.870. The smallest absolute Gasteiger partial charge is 0.221 e. The van der Waals surface area contributed by atoms with Crippen molar-refractivity contribution in [3.63, 3.8) is 0 Å². The fourth-order valence-electron chi connectivity index (χ4n) is 2.53. The van der Waals surface area contributed by atoms with Gasteiger partial charge in [0.15, 0.2) is 0 Å². The summed E-state index contributed by atoms with van der Waals surface area (Å²) < 4.78 is 0. The van der Waals surface area contributed by atoms with E-state index in [0.717, 1.165) is 30.0 Å². The first-order valence-electron chi connectivity index (χ1n) is 6.91. The van der Waals surface area contributed by atoms with Gasteiger partial charge in [-0.1, -0.05) is 29.8 Å². The van der Waals surface area contributed by atoms with Crippen LogP contribution >= 0.6 is 11.6 Å². The lowest BCUT2D eigenvalue weighted by molar-refractivity contribution is -0.122. The van der Waals surface area contributed by atoms with Gasteiger partial charge in [-0.25, -0.2) is 0 Å². The van der Waals surface area contributed by atoms with E-state index in [1.807, 2.05) is 31.2 Å². The van der Waals surface area contributed by atoms with Gasteiger partial charge in [0.1, 0.15) is 0 Å². The van der Waals surface area contributed by atoms with Crippen molar-refractivity contribution in [1.82, 2.24) is 10.6 Å². The molecule has 4 heteroatoms. The maximum absolute atomic E-state index is 11.9. The second-order valence-electron chi connectivity index (χ2n) is 5.26. The van der Waals surface area contributed by atoms with E-state index >= 15 is 0 Å². The fourth-order valence-corrected chi connectivity index (χ4v) is 2.75. The summed E-state index contributed by atoms with van der Waals surface area (Å²) in [5.41, 5.74) is 1.08. The van der Waals surface area contributed by atoms with E-state index in [4.69, 9.17) is 11.6 Å². The molecule has 1 heterocycles. The molecule has 0 radical (unpaired) electrons. The van der Waals surface area contributed by atoms with Gasteiger partial charge in [0.25, 0.3) is 0 Å². The predicted octanol–water partition coefficient (Wildman–Crippen LogP) is 2.53. The number of nitrogens with one attached hydrogen (secondary N) is 2. The Hall–Kier alpha value is -1.06. The van der Waals surface area contributed by atoms with Crippen LogP contribution in [0, 0.1) is 0 Å². The third kappa shape index (κ3) is 4.51. The molecule has 2 unspecified atom stereocenters. The van der Waals surface area contributed by atoms with Crippen molar-refractivity contribution in [2.45, 2.75) is 44.7 Å². The molecule has 19 heavy (non-hydrogen) atoms. The average molecular weight is 281 g/mol. The second kappa shape index (κ2) is 6.92. The standard InChI is InChI=1S/C15H21ClN2O/c1-11(9-12-5-2-3-7-14(12)16)18-15(19)10-13-6-4-8-17-13/h2-3,5,7,11,13,17H,4,6,8-10H2,1H3,(H,18,19). The van der Waals surface area contributed by atoms with Crippen LogP contribution in [0.3, 0.4) is 0 Å². The van der Waals surface area contributed by atoms with Crippen LogP contribution in [0.25, 0.3) is 0 Å². The summed E-state index contributed by atoms with van der Waals surface area (Å²) in [6, 6.07) is 8.23. The normalized spacial score (nSPS) is 20.2. The summed E-state index contributed by atoms with van der Waals surface area (Å²) in [5.74, 6) is 0.124. The van der Waals surface area contributed by atoms with Crippen LogP contribution in [0.2, 0.25) is 5.02 Å². The van der Waals surface area contributed by atoms with Crippen LogP contribution < -0.4 is 10.6 Å². The summed E-state index contributed by atoms with van der Waals surface area (Å²) in [6.07, 6.45) is 3.62. The third-order valence-corrected chi connectivity index (χ3v) is 3.85. The second-order valence-corrected chi connectivity index (χ2v) is 5.67. The molecule has 0 aliphatic carbocycles. The summed E-state index contributed by atoms with van der Waals surface area (Å²) in [6.45, 7) is 3.05. The Balaban J connectivity index is 1.78. The topological polar surface area (TPSA) is 41.1 Å². The Labute approximate surface area is 119 Å². The molecule has 1 fully saturated rings. The first-order chi connectivity index (χ1) is 9.15. The number of carbonyl (C=O) groups is 1. The number of hydrogen-bond acceptors (Lipinski definition) is 2. The maximum atomic E-state index is 11.9. The molecule has 2 rings (SSSR count). The van der Waals surface area contributed by atoms with Crippen LogP contribution in [0.5, 0.6) is 0 Å². The molecule has 0 aromatic heterocycles. The summed E-state index contributed by atoms with van der Waals surface area (Å²) in [4.78, 5) is 11.9. The van der Waals surface area contributed by atoms with Crippen LogP contribution in [0.4, 0.5) is 0 Å². The van der Waals surface area contributed by atoms with E-state index in [9.17, 15) is 4.79 Å². The number of halogens is 1. The van der Waals surface area contributed by atoms with Gasteiger partial charge in [0.05, 0.1) is 0 Å². The van der Waals surface area contributed by atoms with E-state index in [1.54, 1.807) is 0 Å². The monoisotopic (exact) mass is 280 g/mol. The third-order valence-electron chi connectivity index (χ3n) is 3.49. The van der Waals surface area contributed by atoms with Gasteiger partial charge in [-0.3, -0.25) is 4.79 Å². The van der Waals surface area contributed by atoms with Gasteiger partial charge in [0.2, 0.25) is 5.91 Å². The molecule has 1 amide bonds. The molecule has 104 valence electrons. The van der Waals surface area contributed by atoms with Crippen LogP contribution in [-0.2, 0) is 11.2 Å². The molecule has 1 aliphatic heterocycles. The molecule has 1 aromatic carbocycles. The minimum atomic E-state index is 0.105. The minimum Gasteiger partial charge on any atom is -0.353 e. The zero-order valence-electron chi connectivity index (χ0n) is 11.3. The first-order valence-corrected chi connectivity index (χ1v) is 7.29. The van der Waals surface area contributed by atoms with Crippen molar-refractivity contribution < 1.29 is 4.79 Å². The lowest BCUT2D eigenvalue weighted by Crippen LogP contribution is -2.37. The molecule has 2 atom stereocenters. The van der Waals surface area contributed by atoms with E-state index in [1.165, 1.54) is 6.42 Å². The number of carbonyl (C=O) groups excluding carboxylic acids is 1. The molecule has 1 aliphatic rings. The van der Waals surface area contributed by atoms with Crippen molar-refractivity contribution >= 4 is 17.5 Å². The molecule has 1 aromatic rings. The Bertz CT molecular complexity index is 430. The van der Waals surface area contributed by atoms with E-state index in [0.29, 0.717) is 12.5 Å². The lowest BCUT2D eigenvalue weighted by atomic mass is 10.1. The molecule has 0 saturated carbocycles. The Morgan fingerprint density at radius 2 is 2.32 bits per heavy atom. The number of hydrogen-bond donors (Lipinski definition) is 2. The van der Waals surface area contributed by atoms with Crippen molar-refractivity contribution in [1.29, 1.82) is 0 Å². The molecule has 3 nitrogen and oxygen atoms in total. The highest BCUT2D eigenvalue weighted by molar-refractivity contribution is 6.31.